The number of aliphatic hydroxyl groups is 1. The van der Waals surface area contributed by atoms with Gasteiger partial charge < -0.3 is 14.7 Å². The smallest absolute Gasteiger partial charge is 0.410 e. The molecule has 1 N–H and O–H groups in total. The van der Waals surface area contributed by atoms with Gasteiger partial charge in [-0.1, -0.05) is 6.92 Å². The van der Waals surface area contributed by atoms with Crippen LogP contribution in [-0.2, 0) is 4.74 Å². The standard InChI is InChI=1S/C12H21NO3/c1-10-3-5-12(9-14,6-4-10)13-7-2-8-16-11(13)15/h10,14H,2-9H2,1H3. The zero-order valence-electron chi connectivity index (χ0n) is 9.95. The lowest BCUT2D eigenvalue weighted by molar-refractivity contribution is -0.0291. The molecule has 1 saturated heterocycles. The second-order valence-corrected chi connectivity index (χ2v) is 5.18. The van der Waals surface area contributed by atoms with Crippen molar-refractivity contribution in [3.63, 3.8) is 0 Å². The Balaban J connectivity index is 2.10. The maximum Gasteiger partial charge on any atom is 0.410 e. The van der Waals surface area contributed by atoms with E-state index in [0.717, 1.165) is 38.6 Å². The third kappa shape index (κ3) is 2.03. The van der Waals surface area contributed by atoms with E-state index in [1.165, 1.54) is 0 Å². The fourth-order valence-corrected chi connectivity index (χ4v) is 2.80. The van der Waals surface area contributed by atoms with Gasteiger partial charge in [-0.05, 0) is 38.0 Å². The summed E-state index contributed by atoms with van der Waals surface area (Å²) in [5.74, 6) is 0.709. The third-order valence-corrected chi connectivity index (χ3v) is 4.04. The monoisotopic (exact) mass is 227 g/mol. The summed E-state index contributed by atoms with van der Waals surface area (Å²) < 4.78 is 5.07. The second-order valence-electron chi connectivity index (χ2n) is 5.18. The zero-order chi connectivity index (χ0) is 11.6. The Labute approximate surface area is 96.6 Å². The first kappa shape index (κ1) is 11.7. The highest BCUT2D eigenvalue weighted by atomic mass is 16.6. The summed E-state index contributed by atoms with van der Waals surface area (Å²) in [5.41, 5.74) is -0.343. The normalized spacial score (nSPS) is 36.0. The molecule has 0 unspecified atom stereocenters. The first-order valence-electron chi connectivity index (χ1n) is 6.23. The molecule has 16 heavy (non-hydrogen) atoms. The van der Waals surface area contributed by atoms with Crippen LogP contribution in [0.4, 0.5) is 4.79 Å². The molecule has 1 aliphatic heterocycles. The van der Waals surface area contributed by atoms with Crippen molar-refractivity contribution in [1.29, 1.82) is 0 Å². The minimum atomic E-state index is -0.343. The van der Waals surface area contributed by atoms with Gasteiger partial charge >= 0.3 is 6.09 Å². The van der Waals surface area contributed by atoms with E-state index in [4.69, 9.17) is 4.74 Å². The minimum Gasteiger partial charge on any atom is -0.449 e. The number of ether oxygens (including phenoxy) is 1. The van der Waals surface area contributed by atoms with Crippen LogP contribution in [0.3, 0.4) is 0 Å². The van der Waals surface area contributed by atoms with E-state index in [9.17, 15) is 9.90 Å². The molecule has 4 nitrogen and oxygen atoms in total. The summed E-state index contributed by atoms with van der Waals surface area (Å²) in [5, 5.41) is 9.65. The Morgan fingerprint density at radius 2 is 2.19 bits per heavy atom. The van der Waals surface area contributed by atoms with Gasteiger partial charge in [0.15, 0.2) is 0 Å². The Morgan fingerprint density at radius 3 is 2.75 bits per heavy atom. The van der Waals surface area contributed by atoms with Crippen molar-refractivity contribution in [1.82, 2.24) is 4.90 Å². The molecular weight excluding hydrogens is 206 g/mol. The van der Waals surface area contributed by atoms with Crippen LogP contribution in [0.5, 0.6) is 0 Å². The largest absolute Gasteiger partial charge is 0.449 e. The average molecular weight is 227 g/mol. The maximum atomic E-state index is 11.7. The molecular formula is C12H21NO3. The van der Waals surface area contributed by atoms with Gasteiger partial charge in [-0.25, -0.2) is 4.79 Å². The van der Waals surface area contributed by atoms with Gasteiger partial charge in [-0.3, -0.25) is 0 Å². The Kier molecular flexibility index (Phi) is 3.38. The molecule has 0 aromatic carbocycles. The SMILES string of the molecule is CC1CCC(CO)(N2CCCOC2=O)CC1. The highest BCUT2D eigenvalue weighted by molar-refractivity contribution is 5.69. The van der Waals surface area contributed by atoms with Gasteiger partial charge in [0.25, 0.3) is 0 Å². The Hall–Kier alpha value is -0.770. The van der Waals surface area contributed by atoms with Crippen LogP contribution in [0.25, 0.3) is 0 Å². The minimum absolute atomic E-state index is 0.0643. The van der Waals surface area contributed by atoms with E-state index in [1.807, 2.05) is 0 Å². The molecule has 1 aliphatic carbocycles. The molecule has 0 bridgehead atoms. The highest BCUT2D eigenvalue weighted by Gasteiger charge is 2.43. The van der Waals surface area contributed by atoms with E-state index in [2.05, 4.69) is 6.92 Å². The molecule has 1 saturated carbocycles. The molecule has 0 radical (unpaired) electrons. The van der Waals surface area contributed by atoms with Gasteiger partial charge in [-0.15, -0.1) is 0 Å². The van der Waals surface area contributed by atoms with E-state index in [0.29, 0.717) is 12.5 Å². The van der Waals surface area contributed by atoms with Crippen LogP contribution in [-0.4, -0.2) is 41.4 Å². The Bertz CT molecular complexity index is 259. The number of amides is 1. The van der Waals surface area contributed by atoms with E-state index in [-0.39, 0.29) is 18.2 Å². The van der Waals surface area contributed by atoms with Crippen LogP contribution < -0.4 is 0 Å². The number of carbonyl (C=O) groups excluding carboxylic acids is 1. The summed E-state index contributed by atoms with van der Waals surface area (Å²) in [6.45, 7) is 3.55. The van der Waals surface area contributed by atoms with Gasteiger partial charge in [0.2, 0.25) is 0 Å². The number of aliphatic hydroxyl groups excluding tert-OH is 1. The predicted octanol–water partition coefficient (Wildman–Crippen LogP) is 1.77. The molecule has 92 valence electrons. The summed E-state index contributed by atoms with van der Waals surface area (Å²) in [4.78, 5) is 13.5. The molecule has 2 aliphatic rings. The fourth-order valence-electron chi connectivity index (χ4n) is 2.80. The lowest BCUT2D eigenvalue weighted by Crippen LogP contribution is -2.58. The van der Waals surface area contributed by atoms with E-state index in [1.54, 1.807) is 4.90 Å². The molecule has 2 rings (SSSR count). The molecule has 4 heteroatoms. The number of hydrogen-bond donors (Lipinski definition) is 1. The second kappa shape index (κ2) is 4.62. The highest BCUT2D eigenvalue weighted by Crippen LogP contribution is 2.37. The van der Waals surface area contributed by atoms with Gasteiger partial charge in [0.05, 0.1) is 18.8 Å². The van der Waals surface area contributed by atoms with Crippen molar-refractivity contribution in [2.45, 2.75) is 44.6 Å². The van der Waals surface area contributed by atoms with Gasteiger partial charge in [0, 0.05) is 6.54 Å². The first-order chi connectivity index (χ1) is 7.68. The van der Waals surface area contributed by atoms with Crippen LogP contribution in [0.1, 0.15) is 39.0 Å². The average Bonchev–Trinajstić information content (AvgIpc) is 2.32. The van der Waals surface area contributed by atoms with Crippen molar-refractivity contribution in [3.05, 3.63) is 0 Å². The first-order valence-corrected chi connectivity index (χ1v) is 6.23. The molecule has 0 aromatic heterocycles. The van der Waals surface area contributed by atoms with Crippen LogP contribution in [0.2, 0.25) is 0 Å². The molecule has 2 fully saturated rings. The molecule has 0 atom stereocenters. The summed E-state index contributed by atoms with van der Waals surface area (Å²) >= 11 is 0. The molecule has 0 spiro atoms. The third-order valence-electron chi connectivity index (χ3n) is 4.04. The van der Waals surface area contributed by atoms with E-state index < -0.39 is 0 Å². The number of carbonyl (C=O) groups is 1. The van der Waals surface area contributed by atoms with Crippen molar-refractivity contribution in [2.24, 2.45) is 5.92 Å². The summed E-state index contributed by atoms with van der Waals surface area (Å²) in [7, 11) is 0. The van der Waals surface area contributed by atoms with Crippen molar-refractivity contribution in [2.75, 3.05) is 19.8 Å². The van der Waals surface area contributed by atoms with Crippen LogP contribution in [0, 0.1) is 5.92 Å². The summed E-state index contributed by atoms with van der Waals surface area (Å²) in [6.07, 6.45) is 4.62. The topological polar surface area (TPSA) is 49.8 Å². The molecule has 0 aromatic rings. The fraction of sp³-hybridized carbons (Fsp3) is 0.917. The van der Waals surface area contributed by atoms with Crippen LogP contribution in [0.15, 0.2) is 0 Å². The number of nitrogens with zero attached hydrogens (tertiary/aromatic N) is 1. The lowest BCUT2D eigenvalue weighted by Gasteiger charge is -2.47. The van der Waals surface area contributed by atoms with Crippen LogP contribution >= 0.6 is 0 Å². The van der Waals surface area contributed by atoms with Crippen molar-refractivity contribution in [3.8, 4) is 0 Å². The molecule has 1 heterocycles. The number of rotatable bonds is 2. The van der Waals surface area contributed by atoms with Crippen molar-refractivity contribution < 1.29 is 14.6 Å². The van der Waals surface area contributed by atoms with Gasteiger partial charge in [0.1, 0.15) is 0 Å². The lowest BCUT2D eigenvalue weighted by atomic mass is 9.76. The number of cyclic esters (lactones) is 1. The number of hydrogen-bond acceptors (Lipinski definition) is 3. The molecule has 1 amide bonds. The maximum absolute atomic E-state index is 11.7. The Morgan fingerprint density at radius 1 is 1.50 bits per heavy atom. The van der Waals surface area contributed by atoms with Crippen molar-refractivity contribution >= 4 is 6.09 Å². The van der Waals surface area contributed by atoms with E-state index >= 15 is 0 Å². The summed E-state index contributed by atoms with van der Waals surface area (Å²) in [6, 6.07) is 0. The quantitative estimate of drug-likeness (QED) is 0.782. The predicted molar refractivity (Wildman–Crippen MR) is 60.1 cm³/mol. The van der Waals surface area contributed by atoms with Gasteiger partial charge in [-0.2, -0.15) is 0 Å². The zero-order valence-corrected chi connectivity index (χ0v) is 9.95.